The van der Waals surface area contributed by atoms with Crippen LogP contribution in [0.2, 0.25) is 0 Å². The molecule has 2 aromatic rings. The molecule has 6 heteroatoms. The lowest BCUT2D eigenvalue weighted by Gasteiger charge is -2.00. The van der Waals surface area contributed by atoms with E-state index in [1.165, 1.54) is 18.2 Å². The van der Waals surface area contributed by atoms with E-state index in [1.54, 1.807) is 0 Å². The fourth-order valence-electron chi connectivity index (χ4n) is 1.06. The van der Waals surface area contributed by atoms with E-state index in [1.807, 2.05) is 0 Å². The van der Waals surface area contributed by atoms with Gasteiger partial charge in [-0.3, -0.25) is 0 Å². The van der Waals surface area contributed by atoms with Crippen molar-refractivity contribution in [2.45, 2.75) is 0 Å². The highest BCUT2D eigenvalue weighted by molar-refractivity contribution is 5.89. The first-order valence-corrected chi connectivity index (χ1v) is 3.47. The number of fused-ring (bicyclic) bond motifs is 1. The third-order valence-electron chi connectivity index (χ3n) is 1.69. The maximum atomic E-state index is 10.9. The van der Waals surface area contributed by atoms with Crippen LogP contribution < -0.4 is 9.95 Å². The lowest BCUT2D eigenvalue weighted by molar-refractivity contribution is -0.644. The fraction of sp³-hybridized carbons (Fsp3) is 0. The molecule has 6 nitrogen and oxygen atoms in total. The van der Waals surface area contributed by atoms with E-state index in [-0.39, 0.29) is 11.1 Å². The van der Waals surface area contributed by atoms with Crippen LogP contribution in [0.5, 0.6) is 0 Å². The predicted octanol–water partition coefficient (Wildman–Crippen LogP) is -1.44. The number of carbonyl (C=O) groups is 1. The van der Waals surface area contributed by atoms with E-state index in [2.05, 4.69) is 10.3 Å². The van der Waals surface area contributed by atoms with Crippen molar-refractivity contribution in [1.82, 2.24) is 10.3 Å². The molecule has 66 valence electrons. The number of aromatic nitrogens is 3. The molecule has 1 heterocycles. The number of aromatic amines is 1. The Morgan fingerprint density at radius 2 is 2.31 bits per heavy atom. The van der Waals surface area contributed by atoms with Gasteiger partial charge in [-0.05, 0) is 12.1 Å². The van der Waals surface area contributed by atoms with Crippen molar-refractivity contribution in [1.29, 1.82) is 0 Å². The summed E-state index contributed by atoms with van der Waals surface area (Å²) >= 11 is 0. The van der Waals surface area contributed by atoms with Gasteiger partial charge >= 0.3 is 0 Å². The van der Waals surface area contributed by atoms with Crippen molar-refractivity contribution in [2.24, 2.45) is 0 Å². The number of benzene rings is 1. The smallest absolute Gasteiger partial charge is 0.249 e. The molecule has 0 aliphatic carbocycles. The molecule has 0 radical (unpaired) electrons. The lowest BCUT2D eigenvalue weighted by atomic mass is 10.2. The molecule has 0 atom stereocenters. The molecule has 1 aromatic heterocycles. The van der Waals surface area contributed by atoms with Crippen molar-refractivity contribution < 1.29 is 14.7 Å². The van der Waals surface area contributed by atoms with E-state index in [0.717, 1.165) is 0 Å². The fourth-order valence-corrected chi connectivity index (χ4v) is 1.06. The van der Waals surface area contributed by atoms with Crippen molar-refractivity contribution in [3.8, 4) is 0 Å². The molecular weight excluding hydrogens is 174 g/mol. The number of nitrogens with zero attached hydrogens (tertiary/aromatic N) is 2. The van der Waals surface area contributed by atoms with Gasteiger partial charge in [0.2, 0.25) is 11.0 Å². The minimum atomic E-state index is -1.32. The van der Waals surface area contributed by atoms with Gasteiger partial charge in [0.05, 0.1) is 5.97 Å². The molecule has 0 bridgehead atoms. The highest BCUT2D eigenvalue weighted by Gasteiger charge is 2.08. The number of nitrogens with one attached hydrogen (secondary N) is 1. The van der Waals surface area contributed by atoms with Gasteiger partial charge in [-0.15, -0.1) is 0 Å². The largest absolute Gasteiger partial charge is 0.692 e. The Hall–Kier alpha value is -2.11. The standard InChI is InChI=1S/C7H5N3O3/c11-7(12)4-1-2-5-6(3-4)10(13)9-8-5/h1-3,9H,(H,11,12)/p-1. The van der Waals surface area contributed by atoms with Crippen LogP contribution >= 0.6 is 0 Å². The molecule has 0 amide bonds. The van der Waals surface area contributed by atoms with E-state index >= 15 is 0 Å². The topological polar surface area (TPSA) is 95.8 Å². The second-order valence-corrected chi connectivity index (χ2v) is 2.50. The molecule has 0 unspecified atom stereocenters. The van der Waals surface area contributed by atoms with Crippen molar-refractivity contribution in [3.05, 3.63) is 29.0 Å². The SMILES string of the molecule is O=C([O-])c1ccc2n[nH][n+]([O-])c2c1. The van der Waals surface area contributed by atoms with Crippen molar-refractivity contribution in [2.75, 3.05) is 0 Å². The highest BCUT2D eigenvalue weighted by atomic mass is 16.5. The van der Waals surface area contributed by atoms with Gasteiger partial charge in [-0.2, -0.15) is 4.85 Å². The van der Waals surface area contributed by atoms with Gasteiger partial charge in [-0.25, -0.2) is 0 Å². The Bertz CT molecular complexity index is 477. The number of carboxylic acid groups (broad SMARTS) is 1. The molecular formula is C7H4N3O3-. The highest BCUT2D eigenvalue weighted by Crippen LogP contribution is 2.08. The average Bonchev–Trinajstić information content (AvgIpc) is 2.47. The second kappa shape index (κ2) is 2.44. The van der Waals surface area contributed by atoms with Gasteiger partial charge in [0, 0.05) is 16.7 Å². The second-order valence-electron chi connectivity index (χ2n) is 2.50. The third-order valence-corrected chi connectivity index (χ3v) is 1.69. The molecule has 1 aromatic carbocycles. The molecule has 1 N–H and O–H groups in total. The predicted molar refractivity (Wildman–Crippen MR) is 39.4 cm³/mol. The molecule has 0 aliphatic rings. The normalized spacial score (nSPS) is 10.5. The molecule has 2 rings (SSSR count). The summed E-state index contributed by atoms with van der Waals surface area (Å²) in [6.45, 7) is 0. The van der Waals surface area contributed by atoms with Crippen LogP contribution in [-0.2, 0) is 0 Å². The van der Waals surface area contributed by atoms with Crippen LogP contribution in [0.3, 0.4) is 0 Å². The van der Waals surface area contributed by atoms with E-state index in [4.69, 9.17) is 0 Å². The molecule has 0 aliphatic heterocycles. The number of rotatable bonds is 1. The Morgan fingerprint density at radius 3 is 3.00 bits per heavy atom. The summed E-state index contributed by atoms with van der Waals surface area (Å²) in [6, 6.07) is 3.98. The Kier molecular flexibility index (Phi) is 1.42. The summed E-state index contributed by atoms with van der Waals surface area (Å²) in [7, 11) is 0. The minimum Gasteiger partial charge on any atom is -0.692 e. The van der Waals surface area contributed by atoms with E-state index < -0.39 is 5.97 Å². The number of H-pyrrole nitrogens is 1. The van der Waals surface area contributed by atoms with Gasteiger partial charge in [0.15, 0.2) is 0 Å². The molecule has 0 saturated carbocycles. The maximum absolute atomic E-state index is 10.9. The van der Waals surface area contributed by atoms with Crippen LogP contribution in [0.25, 0.3) is 11.0 Å². The average molecular weight is 178 g/mol. The molecule has 13 heavy (non-hydrogen) atoms. The number of hydrogen-bond acceptors (Lipinski definition) is 4. The quantitative estimate of drug-likeness (QED) is 0.427. The Morgan fingerprint density at radius 1 is 1.54 bits per heavy atom. The van der Waals surface area contributed by atoms with Crippen LogP contribution in [0, 0.1) is 5.21 Å². The maximum Gasteiger partial charge on any atom is 0.249 e. The lowest BCUT2D eigenvalue weighted by Crippen LogP contribution is -2.28. The van der Waals surface area contributed by atoms with Crippen LogP contribution in [0.1, 0.15) is 10.4 Å². The molecule has 0 saturated heterocycles. The van der Waals surface area contributed by atoms with Gasteiger partial charge in [0.25, 0.3) is 0 Å². The first-order valence-electron chi connectivity index (χ1n) is 3.47. The van der Waals surface area contributed by atoms with Crippen LogP contribution in [-0.4, -0.2) is 16.3 Å². The first kappa shape index (κ1) is 7.53. The van der Waals surface area contributed by atoms with Gasteiger partial charge in [0.1, 0.15) is 0 Å². The number of hydrogen-bond donors (Lipinski definition) is 1. The Balaban J connectivity index is 2.72. The van der Waals surface area contributed by atoms with Crippen molar-refractivity contribution >= 4 is 17.0 Å². The summed E-state index contributed by atoms with van der Waals surface area (Å²) in [5.74, 6) is -1.32. The van der Waals surface area contributed by atoms with Crippen LogP contribution in [0.15, 0.2) is 18.2 Å². The third kappa shape index (κ3) is 1.08. The summed E-state index contributed by atoms with van der Waals surface area (Å²) in [5.41, 5.74) is 0.556. The van der Waals surface area contributed by atoms with E-state index in [0.29, 0.717) is 10.4 Å². The van der Waals surface area contributed by atoms with Crippen LogP contribution in [0.4, 0.5) is 0 Å². The summed E-state index contributed by atoms with van der Waals surface area (Å²) < 4.78 is 0. The number of aromatic carboxylic acids is 1. The zero-order valence-corrected chi connectivity index (χ0v) is 6.35. The van der Waals surface area contributed by atoms with E-state index in [9.17, 15) is 15.1 Å². The summed E-state index contributed by atoms with van der Waals surface area (Å²) in [4.78, 5) is 10.8. The zero-order valence-electron chi connectivity index (χ0n) is 6.35. The first-order chi connectivity index (χ1) is 6.18. The summed E-state index contributed by atoms with van der Waals surface area (Å²) in [5, 5.41) is 27.1. The van der Waals surface area contributed by atoms with Gasteiger partial charge < -0.3 is 15.1 Å². The zero-order chi connectivity index (χ0) is 9.42. The molecule has 0 spiro atoms. The Labute approximate surface area is 72.0 Å². The van der Waals surface area contributed by atoms with Crippen molar-refractivity contribution in [3.63, 3.8) is 0 Å². The minimum absolute atomic E-state index is 0.0431. The summed E-state index contributed by atoms with van der Waals surface area (Å²) in [6.07, 6.45) is 0. The number of carbonyl (C=O) groups excluding carboxylic acids is 1. The number of carboxylic acids is 1. The van der Waals surface area contributed by atoms with Gasteiger partial charge in [-0.1, -0.05) is 5.21 Å². The monoisotopic (exact) mass is 178 g/mol. The molecule has 0 fully saturated rings.